The Bertz CT molecular complexity index is 365. The van der Waals surface area contributed by atoms with Gasteiger partial charge in [0, 0.05) is 38.8 Å². The lowest BCUT2D eigenvalue weighted by atomic mass is 10.2. The van der Waals surface area contributed by atoms with Gasteiger partial charge < -0.3 is 9.80 Å². The van der Waals surface area contributed by atoms with Crippen LogP contribution < -0.4 is 0 Å². The average Bonchev–Trinajstić information content (AvgIpc) is 2.90. The van der Waals surface area contributed by atoms with Gasteiger partial charge in [-0.2, -0.15) is 0 Å². The van der Waals surface area contributed by atoms with E-state index >= 15 is 0 Å². The molecule has 0 aromatic heterocycles. The molecule has 0 atom stereocenters. The van der Waals surface area contributed by atoms with Gasteiger partial charge >= 0.3 is 0 Å². The summed E-state index contributed by atoms with van der Waals surface area (Å²) in [5.74, 6) is 0.339. The molecule has 4 nitrogen and oxygen atoms in total. The molecule has 0 N–H and O–H groups in total. The number of carbonyl (C=O) groups excluding carboxylic acids is 2. The van der Waals surface area contributed by atoms with E-state index in [4.69, 9.17) is 24.4 Å². The van der Waals surface area contributed by atoms with Crippen LogP contribution in [0.1, 0.15) is 51.4 Å². The van der Waals surface area contributed by atoms with E-state index in [9.17, 15) is 9.59 Å². The molecular weight excluding hydrogens is 292 g/mol. The zero-order chi connectivity index (χ0) is 14.5. The Balaban J connectivity index is 1.56. The number of likely N-dealkylation sites (tertiary alicyclic amines) is 2. The predicted molar refractivity (Wildman–Crippen MR) is 85.6 cm³/mol. The van der Waals surface area contributed by atoms with Crippen molar-refractivity contribution in [3.05, 3.63) is 0 Å². The van der Waals surface area contributed by atoms with Crippen molar-refractivity contribution in [3.63, 3.8) is 0 Å². The van der Waals surface area contributed by atoms with E-state index in [-0.39, 0.29) is 11.8 Å². The van der Waals surface area contributed by atoms with Crippen LogP contribution in [0, 0.1) is 0 Å². The number of rotatable bonds is 7. The molecule has 0 aromatic rings. The minimum atomic E-state index is 0.169. The number of hydrogen-bond acceptors (Lipinski definition) is 4. The molecule has 2 saturated heterocycles. The summed E-state index contributed by atoms with van der Waals surface area (Å²) in [6.07, 6.45) is 6.70. The molecule has 6 heteroatoms. The molecule has 0 aromatic carbocycles. The summed E-state index contributed by atoms with van der Waals surface area (Å²) < 4.78 is 0. The molecular formula is C14H20N2O2S2. The van der Waals surface area contributed by atoms with Gasteiger partial charge in [-0.15, -0.1) is 0 Å². The molecule has 0 aliphatic carbocycles. The van der Waals surface area contributed by atoms with Crippen LogP contribution in [0.15, 0.2) is 0 Å². The zero-order valence-corrected chi connectivity index (χ0v) is 13.2. The molecule has 110 valence electrons. The second-order valence-electron chi connectivity index (χ2n) is 5.29. The van der Waals surface area contributed by atoms with Crippen LogP contribution in [0.25, 0.3) is 0 Å². The molecule has 0 saturated carbocycles. The van der Waals surface area contributed by atoms with Crippen molar-refractivity contribution in [2.45, 2.75) is 51.4 Å². The lowest BCUT2D eigenvalue weighted by Gasteiger charge is -2.17. The average molecular weight is 312 g/mol. The van der Waals surface area contributed by atoms with Crippen molar-refractivity contribution in [1.82, 2.24) is 9.80 Å². The van der Waals surface area contributed by atoms with Crippen molar-refractivity contribution >= 4 is 46.2 Å². The highest BCUT2D eigenvalue weighted by molar-refractivity contribution is 7.80. The Hall–Kier alpha value is -0.880. The maximum atomic E-state index is 11.5. The van der Waals surface area contributed by atoms with Crippen molar-refractivity contribution in [2.75, 3.05) is 13.1 Å². The lowest BCUT2D eigenvalue weighted by Crippen LogP contribution is -2.29. The molecule has 2 rings (SSSR count). The molecule has 20 heavy (non-hydrogen) atoms. The summed E-state index contributed by atoms with van der Waals surface area (Å²) in [5, 5.41) is 0. The number of amides is 2. The van der Waals surface area contributed by atoms with Crippen LogP contribution in [0.4, 0.5) is 0 Å². The molecule has 2 aliphatic rings. The summed E-state index contributed by atoms with van der Waals surface area (Å²) in [5.41, 5.74) is 0. The Morgan fingerprint density at radius 3 is 1.40 bits per heavy atom. The maximum absolute atomic E-state index is 11.5. The summed E-state index contributed by atoms with van der Waals surface area (Å²) >= 11 is 10.3. The van der Waals surface area contributed by atoms with Crippen LogP contribution in [0.2, 0.25) is 0 Å². The van der Waals surface area contributed by atoms with E-state index in [2.05, 4.69) is 0 Å². The molecule has 0 unspecified atom stereocenters. The number of thiocarbonyl (C=S) groups is 2. The fraction of sp³-hybridized carbons (Fsp3) is 0.714. The van der Waals surface area contributed by atoms with Crippen molar-refractivity contribution in [1.29, 1.82) is 0 Å². The van der Waals surface area contributed by atoms with Crippen LogP contribution >= 0.6 is 24.4 Å². The van der Waals surface area contributed by atoms with E-state index < -0.39 is 0 Å². The highest BCUT2D eigenvalue weighted by Gasteiger charge is 2.25. The first-order valence-corrected chi connectivity index (χ1v) is 8.07. The van der Waals surface area contributed by atoms with Crippen LogP contribution in [0.5, 0.6) is 0 Å². The summed E-state index contributed by atoms with van der Waals surface area (Å²) in [4.78, 5) is 28.1. The fourth-order valence-corrected chi connectivity index (χ4v) is 3.23. The topological polar surface area (TPSA) is 40.6 Å². The summed E-state index contributed by atoms with van der Waals surface area (Å²) in [7, 11) is 0. The van der Waals surface area contributed by atoms with Crippen molar-refractivity contribution in [2.24, 2.45) is 0 Å². The number of nitrogens with zero attached hydrogens (tertiary/aromatic N) is 2. The van der Waals surface area contributed by atoms with Gasteiger partial charge in [-0.25, -0.2) is 0 Å². The summed E-state index contributed by atoms with van der Waals surface area (Å²) in [6.45, 7) is 1.50. The number of unbranched alkanes of at least 4 members (excludes halogenated alkanes) is 3. The van der Waals surface area contributed by atoms with Gasteiger partial charge in [-0.05, 0) is 12.8 Å². The smallest absolute Gasteiger partial charge is 0.227 e. The first-order valence-electron chi connectivity index (χ1n) is 7.26. The van der Waals surface area contributed by atoms with Crippen LogP contribution in [0.3, 0.4) is 0 Å². The predicted octanol–water partition coefficient (Wildman–Crippen LogP) is 2.45. The lowest BCUT2D eigenvalue weighted by molar-refractivity contribution is -0.126. The minimum absolute atomic E-state index is 0.169. The molecule has 2 heterocycles. The minimum Gasteiger partial charge on any atom is -0.307 e. The Morgan fingerprint density at radius 1 is 0.700 bits per heavy atom. The van der Waals surface area contributed by atoms with E-state index in [0.717, 1.165) is 61.6 Å². The maximum Gasteiger partial charge on any atom is 0.227 e. The second kappa shape index (κ2) is 7.22. The standard InChI is InChI=1S/C14H20N2O2S2/c17-11-5-7-13(19)15(11)9-3-1-2-4-10-16-12(18)6-8-14(16)20/h1-10H2. The summed E-state index contributed by atoms with van der Waals surface area (Å²) in [6, 6.07) is 0. The molecule has 0 spiro atoms. The largest absolute Gasteiger partial charge is 0.307 e. The van der Waals surface area contributed by atoms with Gasteiger partial charge in [0.05, 0.1) is 9.98 Å². The van der Waals surface area contributed by atoms with Gasteiger partial charge in [-0.3, -0.25) is 9.59 Å². The van der Waals surface area contributed by atoms with Crippen LogP contribution in [-0.2, 0) is 9.59 Å². The van der Waals surface area contributed by atoms with Crippen molar-refractivity contribution in [3.8, 4) is 0 Å². The third kappa shape index (κ3) is 3.82. The van der Waals surface area contributed by atoms with Gasteiger partial charge in [0.25, 0.3) is 0 Å². The second-order valence-corrected chi connectivity index (χ2v) is 6.23. The van der Waals surface area contributed by atoms with Crippen LogP contribution in [-0.4, -0.2) is 44.7 Å². The first-order chi connectivity index (χ1) is 9.59. The molecule has 0 radical (unpaired) electrons. The van der Waals surface area contributed by atoms with Gasteiger partial charge in [-0.1, -0.05) is 37.3 Å². The third-order valence-corrected chi connectivity index (χ3v) is 4.67. The van der Waals surface area contributed by atoms with Gasteiger partial charge in [0.15, 0.2) is 0 Å². The SMILES string of the molecule is O=C1CCC(=S)N1CCCCCCN1C(=O)CCC1=S. The quantitative estimate of drug-likeness (QED) is 0.535. The molecule has 0 bridgehead atoms. The zero-order valence-electron chi connectivity index (χ0n) is 11.6. The van der Waals surface area contributed by atoms with Crippen molar-refractivity contribution < 1.29 is 9.59 Å². The van der Waals surface area contributed by atoms with Gasteiger partial charge in [0.1, 0.15) is 0 Å². The molecule has 2 aliphatic heterocycles. The molecule has 2 fully saturated rings. The fourth-order valence-electron chi connectivity index (χ4n) is 2.64. The highest BCUT2D eigenvalue weighted by atomic mass is 32.1. The third-order valence-electron chi connectivity index (χ3n) is 3.82. The van der Waals surface area contributed by atoms with E-state index in [1.54, 1.807) is 9.80 Å². The van der Waals surface area contributed by atoms with Gasteiger partial charge in [0.2, 0.25) is 11.8 Å². The normalized spacial score (nSPS) is 19.6. The monoisotopic (exact) mass is 312 g/mol. The number of hydrogen-bond donors (Lipinski definition) is 0. The van der Waals surface area contributed by atoms with E-state index in [0.29, 0.717) is 12.8 Å². The number of carbonyl (C=O) groups is 2. The highest BCUT2D eigenvalue weighted by Crippen LogP contribution is 2.16. The van der Waals surface area contributed by atoms with E-state index in [1.807, 2.05) is 0 Å². The van der Waals surface area contributed by atoms with E-state index in [1.165, 1.54) is 0 Å². The Labute approximate surface area is 130 Å². The molecule has 2 amide bonds. The Kier molecular flexibility index (Phi) is 5.60. The first kappa shape index (κ1) is 15.5. The Morgan fingerprint density at radius 2 is 1.10 bits per heavy atom.